The third kappa shape index (κ3) is 4.99. The van der Waals surface area contributed by atoms with Gasteiger partial charge in [-0.05, 0) is 31.9 Å². The maximum absolute atomic E-state index is 15.1. The Hall–Kier alpha value is -4.34. The maximum Gasteiger partial charge on any atom is 0.434 e. The van der Waals surface area contributed by atoms with Crippen molar-refractivity contribution >= 4 is 23.4 Å². The van der Waals surface area contributed by atoms with Gasteiger partial charge in [0.15, 0.2) is 35.5 Å². The van der Waals surface area contributed by atoms with Crippen molar-refractivity contribution < 1.29 is 30.9 Å². The molecule has 1 saturated carbocycles. The zero-order chi connectivity index (χ0) is 29.8. The molecule has 6 rings (SSSR count). The summed E-state index contributed by atoms with van der Waals surface area (Å²) in [7, 11) is 2.79. The number of fused-ring (bicyclic) bond motifs is 1. The molecule has 1 aliphatic carbocycles. The average molecular weight is 605 g/mol. The van der Waals surface area contributed by atoms with E-state index in [-0.39, 0.29) is 65.0 Å². The molecule has 0 radical (unpaired) electrons. The van der Waals surface area contributed by atoms with Gasteiger partial charge >= 0.3 is 6.18 Å². The standard InChI is InChI=1S/C26H21F5N8O2S/c1-12-6-16-21(39(12)42-31)25(37-22(35-16)18-19(14-4-5-14)33-11-34-24(18)40-3)41-10-13-7-15(27)20(32-8-13)23-36-17(9-38(23)2)26(28,29)30/h6-9,11,14H,4-5,10H2,1-3H3. The Bertz CT molecular complexity index is 1820. The smallest absolute Gasteiger partial charge is 0.434 e. The van der Waals surface area contributed by atoms with E-state index in [2.05, 4.69) is 29.9 Å². The van der Waals surface area contributed by atoms with E-state index in [0.29, 0.717) is 16.8 Å². The molecule has 5 aromatic rings. The highest BCUT2D eigenvalue weighted by atomic mass is 32.2. The number of aryl methyl sites for hydroxylation is 2. The highest BCUT2D eigenvalue weighted by Gasteiger charge is 2.35. The van der Waals surface area contributed by atoms with Crippen LogP contribution in [0.1, 0.15) is 41.4 Å². The van der Waals surface area contributed by atoms with Gasteiger partial charge in [-0.25, -0.2) is 29.3 Å². The van der Waals surface area contributed by atoms with Crippen LogP contribution >= 0.6 is 12.3 Å². The van der Waals surface area contributed by atoms with E-state index in [9.17, 15) is 17.1 Å². The van der Waals surface area contributed by atoms with Crippen LogP contribution in [-0.2, 0) is 19.8 Å². The zero-order valence-corrected chi connectivity index (χ0v) is 23.1. The second kappa shape index (κ2) is 10.5. The first-order valence-corrected chi connectivity index (χ1v) is 13.2. The minimum Gasteiger partial charge on any atom is -0.480 e. The summed E-state index contributed by atoms with van der Waals surface area (Å²) in [5.74, 6) is -0.485. The maximum atomic E-state index is 15.1. The number of halogens is 5. The summed E-state index contributed by atoms with van der Waals surface area (Å²) in [5, 5.41) is 0. The molecular formula is C26H21F5N8O2S. The number of hydrogen-bond donors (Lipinski definition) is 0. The summed E-state index contributed by atoms with van der Waals surface area (Å²) < 4.78 is 82.0. The number of methoxy groups -OCH3 is 1. The van der Waals surface area contributed by atoms with E-state index in [0.717, 1.165) is 35.4 Å². The Labute approximate surface area is 239 Å². The molecule has 0 spiro atoms. The lowest BCUT2D eigenvalue weighted by molar-refractivity contribution is -0.140. The summed E-state index contributed by atoms with van der Waals surface area (Å²) in [5.41, 5.74) is 1.14. The molecule has 0 bridgehead atoms. The summed E-state index contributed by atoms with van der Waals surface area (Å²) in [4.78, 5) is 25.4. The van der Waals surface area contributed by atoms with Gasteiger partial charge in [0, 0.05) is 36.6 Å². The monoisotopic (exact) mass is 604 g/mol. The Morgan fingerprint density at radius 3 is 2.50 bits per heavy atom. The van der Waals surface area contributed by atoms with Crippen molar-refractivity contribution in [2.75, 3.05) is 7.11 Å². The average Bonchev–Trinajstić information content (AvgIpc) is 3.65. The van der Waals surface area contributed by atoms with Gasteiger partial charge in [0.2, 0.25) is 11.8 Å². The minimum atomic E-state index is -4.69. The van der Waals surface area contributed by atoms with E-state index in [1.54, 1.807) is 13.0 Å². The molecule has 42 heavy (non-hydrogen) atoms. The van der Waals surface area contributed by atoms with E-state index in [4.69, 9.17) is 9.47 Å². The van der Waals surface area contributed by atoms with Crippen LogP contribution in [0.15, 0.2) is 30.9 Å². The van der Waals surface area contributed by atoms with Crippen molar-refractivity contribution in [3.63, 3.8) is 0 Å². The Morgan fingerprint density at radius 1 is 1.07 bits per heavy atom. The number of hydrogen-bond acceptors (Lipinski definition) is 9. The summed E-state index contributed by atoms with van der Waals surface area (Å²) in [6, 6.07) is 2.75. The molecule has 0 aliphatic heterocycles. The molecule has 5 aromatic heterocycles. The molecule has 218 valence electrons. The van der Waals surface area contributed by atoms with Crippen LogP contribution in [0.3, 0.4) is 0 Å². The number of aromatic nitrogens is 8. The number of ether oxygens (including phenoxy) is 2. The van der Waals surface area contributed by atoms with Crippen LogP contribution in [-0.4, -0.2) is 45.6 Å². The van der Waals surface area contributed by atoms with Crippen LogP contribution in [0.5, 0.6) is 11.8 Å². The molecule has 0 amide bonds. The largest absolute Gasteiger partial charge is 0.480 e. The SMILES string of the molecule is COc1ncnc(C2CC2)c1-c1nc(OCc2cnc(-c3nc(C(F)(F)F)cn3C)c(F)c2)c2c(cc(C)n2SF)n1. The molecule has 0 aromatic carbocycles. The number of imidazole rings is 1. The molecule has 0 saturated heterocycles. The van der Waals surface area contributed by atoms with Crippen LogP contribution in [0, 0.1) is 12.7 Å². The lowest BCUT2D eigenvalue weighted by Gasteiger charge is -2.13. The zero-order valence-electron chi connectivity index (χ0n) is 22.3. The molecular weight excluding hydrogens is 583 g/mol. The number of pyridine rings is 1. The summed E-state index contributed by atoms with van der Waals surface area (Å²) in [6.07, 6.45) is 0.617. The van der Waals surface area contributed by atoms with Crippen molar-refractivity contribution in [3.8, 4) is 34.7 Å². The van der Waals surface area contributed by atoms with Gasteiger partial charge < -0.3 is 14.0 Å². The minimum absolute atomic E-state index is 0.00399. The molecule has 16 heteroatoms. The summed E-state index contributed by atoms with van der Waals surface area (Å²) in [6.45, 7) is 1.45. The molecule has 10 nitrogen and oxygen atoms in total. The first-order valence-electron chi connectivity index (χ1n) is 12.6. The first kappa shape index (κ1) is 27.8. The second-order valence-corrected chi connectivity index (χ2v) is 10.2. The molecule has 5 heterocycles. The van der Waals surface area contributed by atoms with Crippen LogP contribution < -0.4 is 9.47 Å². The Morgan fingerprint density at radius 2 is 1.86 bits per heavy atom. The van der Waals surface area contributed by atoms with E-state index < -0.39 is 17.7 Å². The fourth-order valence-electron chi connectivity index (χ4n) is 4.59. The van der Waals surface area contributed by atoms with Crippen LogP contribution in [0.25, 0.3) is 33.9 Å². The lowest BCUT2D eigenvalue weighted by Crippen LogP contribution is -2.06. The quantitative estimate of drug-likeness (QED) is 0.197. The summed E-state index contributed by atoms with van der Waals surface area (Å²) >= 11 is -0.0526. The van der Waals surface area contributed by atoms with E-state index in [1.807, 2.05) is 0 Å². The van der Waals surface area contributed by atoms with Gasteiger partial charge in [0.1, 0.15) is 29.7 Å². The van der Waals surface area contributed by atoms with Crippen molar-refractivity contribution in [1.29, 1.82) is 0 Å². The molecule has 1 aliphatic rings. The normalized spacial score (nSPS) is 13.6. The highest BCUT2D eigenvalue weighted by Crippen LogP contribution is 2.45. The fourth-order valence-corrected chi connectivity index (χ4v) is 4.99. The fraction of sp³-hybridized carbons (Fsp3) is 0.308. The van der Waals surface area contributed by atoms with Crippen molar-refractivity contribution in [3.05, 3.63) is 59.3 Å². The lowest BCUT2D eigenvalue weighted by atomic mass is 10.1. The second-order valence-electron chi connectivity index (χ2n) is 9.67. The van der Waals surface area contributed by atoms with Gasteiger partial charge in [-0.15, -0.1) is 3.89 Å². The Balaban J connectivity index is 1.37. The van der Waals surface area contributed by atoms with E-state index in [1.165, 1.54) is 30.7 Å². The third-order valence-electron chi connectivity index (χ3n) is 6.69. The molecule has 1 fully saturated rings. The Kier molecular flexibility index (Phi) is 6.95. The first-order chi connectivity index (χ1) is 20.1. The van der Waals surface area contributed by atoms with E-state index >= 15 is 4.39 Å². The van der Waals surface area contributed by atoms with Crippen molar-refractivity contribution in [2.45, 2.75) is 38.5 Å². The van der Waals surface area contributed by atoms with Gasteiger partial charge in [0.25, 0.3) is 0 Å². The van der Waals surface area contributed by atoms with Crippen LogP contribution in [0.4, 0.5) is 21.4 Å². The number of rotatable bonds is 8. The van der Waals surface area contributed by atoms with Gasteiger partial charge in [-0.1, -0.05) is 0 Å². The predicted molar refractivity (Wildman–Crippen MR) is 142 cm³/mol. The van der Waals surface area contributed by atoms with Gasteiger partial charge in [0.05, 0.1) is 18.3 Å². The van der Waals surface area contributed by atoms with Gasteiger partial charge in [-0.3, -0.25) is 3.97 Å². The third-order valence-corrected chi connectivity index (χ3v) is 7.30. The molecule has 0 unspecified atom stereocenters. The highest BCUT2D eigenvalue weighted by molar-refractivity contribution is 7.93. The van der Waals surface area contributed by atoms with Crippen molar-refractivity contribution in [1.82, 2.24) is 38.4 Å². The molecule has 0 N–H and O–H groups in total. The number of alkyl halides is 3. The molecule has 0 atom stereocenters. The predicted octanol–water partition coefficient (Wildman–Crippen LogP) is 6.00. The topological polar surface area (TPSA) is 106 Å². The number of nitrogens with zero attached hydrogens (tertiary/aromatic N) is 8. The van der Waals surface area contributed by atoms with Crippen LogP contribution in [0.2, 0.25) is 0 Å². The van der Waals surface area contributed by atoms with Crippen molar-refractivity contribution in [2.24, 2.45) is 7.05 Å². The van der Waals surface area contributed by atoms with Gasteiger partial charge in [-0.2, -0.15) is 18.2 Å².